The monoisotopic (exact) mass is 511 g/mol. The summed E-state index contributed by atoms with van der Waals surface area (Å²) in [7, 11) is 0. The summed E-state index contributed by atoms with van der Waals surface area (Å²) in [4.78, 5) is 26.3. The van der Waals surface area contributed by atoms with E-state index in [0.29, 0.717) is 29.3 Å². The van der Waals surface area contributed by atoms with Gasteiger partial charge in [-0.2, -0.15) is 10.1 Å². The molecular formula is C26H31F2N7O2. The van der Waals surface area contributed by atoms with Crippen molar-refractivity contribution in [3.8, 4) is 0 Å². The first-order valence-electron chi connectivity index (χ1n) is 13.0. The van der Waals surface area contributed by atoms with Gasteiger partial charge in [-0.25, -0.2) is 13.8 Å². The van der Waals surface area contributed by atoms with E-state index in [1.807, 2.05) is 12.1 Å². The maximum Gasteiger partial charge on any atom is 0.258 e. The first-order chi connectivity index (χ1) is 17.8. The number of aliphatic hydroxyl groups excluding tert-OH is 1. The zero-order valence-electron chi connectivity index (χ0n) is 20.7. The van der Waals surface area contributed by atoms with Crippen molar-refractivity contribution in [2.24, 2.45) is 5.41 Å². The summed E-state index contributed by atoms with van der Waals surface area (Å²) < 4.78 is 28.9. The largest absolute Gasteiger partial charge is 0.394 e. The molecule has 3 fully saturated rings. The van der Waals surface area contributed by atoms with Gasteiger partial charge >= 0.3 is 0 Å². The van der Waals surface area contributed by atoms with E-state index < -0.39 is 5.92 Å². The van der Waals surface area contributed by atoms with Crippen LogP contribution in [-0.2, 0) is 6.54 Å². The van der Waals surface area contributed by atoms with Crippen molar-refractivity contribution in [3.05, 3.63) is 36.2 Å². The molecule has 1 amide bonds. The molecule has 3 aliphatic rings. The Morgan fingerprint density at radius 2 is 1.76 bits per heavy atom. The van der Waals surface area contributed by atoms with Crippen molar-refractivity contribution in [2.75, 3.05) is 47.9 Å². The minimum absolute atomic E-state index is 0.0225. The molecule has 37 heavy (non-hydrogen) atoms. The number of aromatic nitrogens is 4. The summed E-state index contributed by atoms with van der Waals surface area (Å²) in [5.41, 5.74) is 2.74. The lowest BCUT2D eigenvalue weighted by Crippen LogP contribution is -2.40. The molecular weight excluding hydrogens is 480 g/mol. The number of alkyl halides is 2. The number of hydrogen-bond acceptors (Lipinski definition) is 7. The van der Waals surface area contributed by atoms with Crippen LogP contribution in [-0.4, -0.2) is 69.5 Å². The predicted octanol–water partition coefficient (Wildman–Crippen LogP) is 3.69. The number of carbonyl (C=O) groups is 1. The quantitative estimate of drug-likeness (QED) is 0.521. The van der Waals surface area contributed by atoms with E-state index in [0.717, 1.165) is 42.5 Å². The van der Waals surface area contributed by atoms with Gasteiger partial charge in [0, 0.05) is 50.6 Å². The third kappa shape index (κ3) is 4.84. The van der Waals surface area contributed by atoms with Gasteiger partial charge in [0.25, 0.3) is 11.8 Å². The highest BCUT2D eigenvalue weighted by Crippen LogP contribution is 2.54. The molecule has 1 aliphatic carbocycles. The maximum atomic E-state index is 13.6. The Labute approximate surface area is 213 Å². The van der Waals surface area contributed by atoms with Crippen LogP contribution in [0.4, 0.5) is 26.2 Å². The fraction of sp³-hybridized carbons (Fsp3) is 0.538. The Balaban J connectivity index is 1.27. The number of aliphatic hydroxyl groups is 1. The summed E-state index contributed by atoms with van der Waals surface area (Å²) in [5, 5.41) is 17.5. The van der Waals surface area contributed by atoms with Crippen LogP contribution in [0.5, 0.6) is 0 Å². The molecule has 1 aromatic carbocycles. The molecule has 2 aliphatic heterocycles. The summed E-state index contributed by atoms with van der Waals surface area (Å²) in [5.74, 6) is -2.30. The first kappa shape index (κ1) is 24.0. The van der Waals surface area contributed by atoms with Gasteiger partial charge in [0.15, 0.2) is 0 Å². The van der Waals surface area contributed by atoms with Crippen molar-refractivity contribution in [1.29, 1.82) is 0 Å². The zero-order valence-corrected chi connectivity index (χ0v) is 20.7. The topological polar surface area (TPSA) is 99.4 Å². The van der Waals surface area contributed by atoms with Crippen molar-refractivity contribution < 1.29 is 18.7 Å². The highest BCUT2D eigenvalue weighted by Gasteiger charge is 2.44. The van der Waals surface area contributed by atoms with Crippen LogP contribution in [0.25, 0.3) is 10.9 Å². The van der Waals surface area contributed by atoms with E-state index in [4.69, 9.17) is 0 Å². The van der Waals surface area contributed by atoms with E-state index in [1.54, 1.807) is 21.8 Å². The molecule has 9 nitrogen and oxygen atoms in total. The third-order valence-corrected chi connectivity index (χ3v) is 8.10. The minimum Gasteiger partial charge on any atom is -0.394 e. The number of halogens is 2. The van der Waals surface area contributed by atoms with Gasteiger partial charge in [0.1, 0.15) is 5.82 Å². The van der Waals surface area contributed by atoms with Crippen LogP contribution in [0.3, 0.4) is 0 Å². The van der Waals surface area contributed by atoms with Gasteiger partial charge in [0.2, 0.25) is 5.95 Å². The molecule has 2 saturated heterocycles. The molecule has 1 saturated carbocycles. The lowest BCUT2D eigenvalue weighted by molar-refractivity contribution is -0.0222. The standard InChI is InChI=1S/C26H31F2N7O2/c27-26(28)6-11-34(12-7-26)24-29-8-1-22(32-24)31-23(37)19-15-18-17-30-35(13-14-36)20(18)16-21(19)33-9-4-25(2-3-25)5-10-33/h1,8,15-17,36H,2-7,9-14H2,(H,29,31,32,37). The molecule has 0 unspecified atom stereocenters. The second-order valence-corrected chi connectivity index (χ2v) is 10.5. The van der Waals surface area contributed by atoms with Crippen molar-refractivity contribution in [3.63, 3.8) is 0 Å². The molecule has 1 spiro atoms. The van der Waals surface area contributed by atoms with Gasteiger partial charge in [0.05, 0.1) is 36.1 Å². The van der Waals surface area contributed by atoms with Gasteiger partial charge in [-0.1, -0.05) is 0 Å². The molecule has 3 aromatic rings. The molecule has 0 bridgehead atoms. The molecule has 0 atom stereocenters. The van der Waals surface area contributed by atoms with Gasteiger partial charge < -0.3 is 20.2 Å². The Hall–Kier alpha value is -3.34. The molecule has 11 heteroatoms. The summed E-state index contributed by atoms with van der Waals surface area (Å²) in [6.45, 7) is 2.46. The number of rotatable bonds is 6. The number of hydrogen-bond donors (Lipinski definition) is 2. The third-order valence-electron chi connectivity index (χ3n) is 8.10. The van der Waals surface area contributed by atoms with Gasteiger partial charge in [-0.15, -0.1) is 0 Å². The average Bonchev–Trinajstić information content (AvgIpc) is 3.53. The summed E-state index contributed by atoms with van der Waals surface area (Å²) >= 11 is 0. The summed E-state index contributed by atoms with van der Waals surface area (Å²) in [6.07, 6.45) is 7.58. The second kappa shape index (κ2) is 9.20. The molecule has 196 valence electrons. The molecule has 0 radical (unpaired) electrons. The zero-order chi connectivity index (χ0) is 25.6. The van der Waals surface area contributed by atoms with Crippen LogP contribution in [0.2, 0.25) is 0 Å². The smallest absolute Gasteiger partial charge is 0.258 e. The number of piperidine rings is 2. The highest BCUT2D eigenvalue weighted by molar-refractivity contribution is 6.10. The van der Waals surface area contributed by atoms with Gasteiger partial charge in [-0.05, 0) is 49.3 Å². The number of anilines is 3. The molecule has 6 rings (SSSR count). The van der Waals surface area contributed by atoms with Crippen LogP contribution < -0.4 is 15.1 Å². The number of amides is 1. The SMILES string of the molecule is O=C(Nc1ccnc(N2CCC(F)(F)CC2)n1)c1cc2cnn(CCO)c2cc1N1CCC2(CC1)CC2. The molecule has 2 aromatic heterocycles. The Kier molecular flexibility index (Phi) is 5.97. The minimum atomic E-state index is -2.66. The van der Waals surface area contributed by atoms with Gasteiger partial charge in [-0.3, -0.25) is 9.48 Å². The van der Waals surface area contributed by atoms with E-state index >= 15 is 0 Å². The van der Waals surface area contributed by atoms with E-state index in [1.165, 1.54) is 19.0 Å². The number of nitrogens with zero attached hydrogens (tertiary/aromatic N) is 6. The number of nitrogens with one attached hydrogen (secondary N) is 1. The van der Waals surface area contributed by atoms with Crippen molar-refractivity contribution in [1.82, 2.24) is 19.7 Å². The van der Waals surface area contributed by atoms with E-state index in [-0.39, 0.29) is 38.4 Å². The van der Waals surface area contributed by atoms with Crippen LogP contribution >= 0.6 is 0 Å². The van der Waals surface area contributed by atoms with Crippen LogP contribution in [0.15, 0.2) is 30.6 Å². The lowest BCUT2D eigenvalue weighted by Gasteiger charge is -2.35. The first-order valence-corrected chi connectivity index (χ1v) is 13.0. The van der Waals surface area contributed by atoms with E-state index in [9.17, 15) is 18.7 Å². The predicted molar refractivity (Wildman–Crippen MR) is 136 cm³/mol. The number of carbonyl (C=O) groups excluding carboxylic acids is 1. The van der Waals surface area contributed by atoms with Crippen molar-refractivity contribution >= 4 is 34.3 Å². The lowest BCUT2D eigenvalue weighted by atomic mass is 9.93. The second-order valence-electron chi connectivity index (χ2n) is 10.5. The number of fused-ring (bicyclic) bond motifs is 1. The van der Waals surface area contributed by atoms with Crippen LogP contribution in [0, 0.1) is 5.41 Å². The molecule has 2 N–H and O–H groups in total. The maximum absolute atomic E-state index is 13.6. The number of benzene rings is 1. The molecule has 4 heterocycles. The Bertz CT molecular complexity index is 1300. The Morgan fingerprint density at radius 1 is 1.03 bits per heavy atom. The fourth-order valence-corrected chi connectivity index (χ4v) is 5.52. The Morgan fingerprint density at radius 3 is 2.46 bits per heavy atom. The van der Waals surface area contributed by atoms with E-state index in [2.05, 4.69) is 25.3 Å². The normalized spacial score (nSPS) is 20.4. The van der Waals surface area contributed by atoms with Crippen molar-refractivity contribution in [2.45, 2.75) is 51.0 Å². The fourth-order valence-electron chi connectivity index (χ4n) is 5.52. The van der Waals surface area contributed by atoms with Crippen LogP contribution in [0.1, 0.15) is 48.9 Å². The average molecular weight is 512 g/mol. The highest BCUT2D eigenvalue weighted by atomic mass is 19.3. The summed E-state index contributed by atoms with van der Waals surface area (Å²) in [6, 6.07) is 5.45.